The van der Waals surface area contributed by atoms with Crippen molar-refractivity contribution in [2.75, 3.05) is 0 Å². The largest absolute Gasteiger partial charge is 0.480 e. The minimum Gasteiger partial charge on any atom is -0.480 e. The molecule has 0 radical (unpaired) electrons. The monoisotopic (exact) mass is 256 g/mol. The molecule has 0 fully saturated rings. The van der Waals surface area contributed by atoms with E-state index >= 15 is 0 Å². The molecular weight excluding hydrogens is 244 g/mol. The van der Waals surface area contributed by atoms with Gasteiger partial charge in [0.15, 0.2) is 0 Å². The molecule has 0 bridgehead atoms. The van der Waals surface area contributed by atoms with Crippen molar-refractivity contribution in [1.82, 2.24) is 15.3 Å². The number of hydrogen-bond donors (Lipinski definition) is 5. The summed E-state index contributed by atoms with van der Waals surface area (Å²) in [7, 11) is 0. The Bertz CT molecular complexity index is 517. The second-order valence-electron chi connectivity index (χ2n) is 3.53. The number of carbonyl (C=O) groups excluding carboxylic acids is 2. The maximum atomic E-state index is 11.5. The van der Waals surface area contributed by atoms with E-state index in [1.807, 2.05) is 0 Å². The third-order valence-corrected chi connectivity index (χ3v) is 2.12. The highest BCUT2D eigenvalue weighted by Crippen LogP contribution is 1.99. The van der Waals surface area contributed by atoms with Crippen molar-refractivity contribution in [2.45, 2.75) is 18.9 Å². The fraction of sp³-hybridized carbons (Fsp3) is 0.333. The first-order valence-electron chi connectivity index (χ1n) is 5.00. The fourth-order valence-corrected chi connectivity index (χ4v) is 1.23. The number of aromatic amines is 2. The molecule has 1 aromatic heterocycles. The molecule has 1 atom stereocenters. The van der Waals surface area contributed by atoms with Gasteiger partial charge in [0, 0.05) is 12.6 Å². The highest BCUT2D eigenvalue weighted by atomic mass is 16.4. The zero-order valence-electron chi connectivity index (χ0n) is 9.23. The highest BCUT2D eigenvalue weighted by molar-refractivity contribution is 5.94. The SMILES string of the molecule is NC(=O)CCC(NC(=O)c1c[nH]c(=O)[nH]1)C(=O)O. The first kappa shape index (κ1) is 13.5. The number of H-pyrrole nitrogens is 2. The van der Waals surface area contributed by atoms with Crippen LogP contribution in [-0.4, -0.2) is 38.9 Å². The summed E-state index contributed by atoms with van der Waals surface area (Å²) in [5.41, 5.74) is 4.22. The van der Waals surface area contributed by atoms with Crippen LogP contribution in [0.4, 0.5) is 0 Å². The van der Waals surface area contributed by atoms with Gasteiger partial charge in [-0.1, -0.05) is 0 Å². The second-order valence-corrected chi connectivity index (χ2v) is 3.53. The number of imidazole rings is 1. The molecule has 2 amide bonds. The van der Waals surface area contributed by atoms with Crippen molar-refractivity contribution in [1.29, 1.82) is 0 Å². The van der Waals surface area contributed by atoms with Crippen LogP contribution in [0.1, 0.15) is 23.3 Å². The molecule has 98 valence electrons. The van der Waals surface area contributed by atoms with Crippen LogP contribution in [0, 0.1) is 0 Å². The van der Waals surface area contributed by atoms with Gasteiger partial charge in [0.2, 0.25) is 5.91 Å². The third kappa shape index (κ3) is 3.77. The summed E-state index contributed by atoms with van der Waals surface area (Å²) in [5, 5.41) is 11.0. The Kier molecular flexibility index (Phi) is 4.24. The van der Waals surface area contributed by atoms with Crippen LogP contribution >= 0.6 is 0 Å². The van der Waals surface area contributed by atoms with Crippen LogP contribution in [0.2, 0.25) is 0 Å². The molecule has 0 saturated heterocycles. The number of amides is 2. The predicted octanol–water partition coefficient (Wildman–Crippen LogP) is -1.85. The second kappa shape index (κ2) is 5.66. The van der Waals surface area contributed by atoms with Crippen LogP contribution in [0.5, 0.6) is 0 Å². The Morgan fingerprint density at radius 3 is 2.56 bits per heavy atom. The molecule has 1 unspecified atom stereocenters. The molecule has 6 N–H and O–H groups in total. The third-order valence-electron chi connectivity index (χ3n) is 2.12. The molecule has 0 aliphatic heterocycles. The Morgan fingerprint density at radius 2 is 2.11 bits per heavy atom. The van der Waals surface area contributed by atoms with Crippen molar-refractivity contribution in [3.05, 3.63) is 22.4 Å². The van der Waals surface area contributed by atoms with Gasteiger partial charge < -0.3 is 26.1 Å². The van der Waals surface area contributed by atoms with Gasteiger partial charge in [-0.25, -0.2) is 9.59 Å². The normalized spacial score (nSPS) is 11.8. The number of hydrogen-bond acceptors (Lipinski definition) is 4. The van der Waals surface area contributed by atoms with Gasteiger partial charge in [0.1, 0.15) is 11.7 Å². The summed E-state index contributed by atoms with van der Waals surface area (Å²) < 4.78 is 0. The van der Waals surface area contributed by atoms with Crippen molar-refractivity contribution in [3.63, 3.8) is 0 Å². The lowest BCUT2D eigenvalue weighted by molar-refractivity contribution is -0.139. The number of nitrogens with one attached hydrogen (secondary N) is 3. The zero-order valence-corrected chi connectivity index (χ0v) is 9.23. The molecule has 18 heavy (non-hydrogen) atoms. The van der Waals surface area contributed by atoms with Crippen LogP contribution in [0.3, 0.4) is 0 Å². The average Bonchev–Trinajstić information content (AvgIpc) is 2.70. The van der Waals surface area contributed by atoms with E-state index in [2.05, 4.69) is 15.3 Å². The number of primary amides is 1. The molecular formula is C9H12N4O5. The molecule has 1 aromatic rings. The summed E-state index contributed by atoms with van der Waals surface area (Å²) in [5.74, 6) is -2.71. The van der Waals surface area contributed by atoms with Crippen molar-refractivity contribution in [3.8, 4) is 0 Å². The van der Waals surface area contributed by atoms with E-state index in [1.54, 1.807) is 0 Å². The zero-order chi connectivity index (χ0) is 13.7. The van der Waals surface area contributed by atoms with Gasteiger partial charge in [-0.15, -0.1) is 0 Å². The fourth-order valence-electron chi connectivity index (χ4n) is 1.23. The summed E-state index contributed by atoms with van der Waals surface area (Å²) in [6.45, 7) is 0. The van der Waals surface area contributed by atoms with Crippen LogP contribution in [0.25, 0.3) is 0 Å². The van der Waals surface area contributed by atoms with E-state index in [-0.39, 0.29) is 18.5 Å². The highest BCUT2D eigenvalue weighted by Gasteiger charge is 2.21. The lowest BCUT2D eigenvalue weighted by atomic mass is 10.1. The maximum Gasteiger partial charge on any atom is 0.326 e. The average molecular weight is 256 g/mol. The Hall–Kier alpha value is -2.58. The molecule has 9 heteroatoms. The van der Waals surface area contributed by atoms with Crippen LogP contribution in [0.15, 0.2) is 11.0 Å². The predicted molar refractivity (Wildman–Crippen MR) is 58.7 cm³/mol. The number of aromatic nitrogens is 2. The molecule has 0 aromatic carbocycles. The van der Waals surface area contributed by atoms with E-state index < -0.39 is 29.5 Å². The van der Waals surface area contributed by atoms with E-state index in [1.165, 1.54) is 0 Å². The number of rotatable bonds is 6. The molecule has 0 saturated carbocycles. The molecule has 1 rings (SSSR count). The summed E-state index contributed by atoms with van der Waals surface area (Å²) in [4.78, 5) is 48.1. The number of aliphatic carboxylic acids is 1. The lowest BCUT2D eigenvalue weighted by Crippen LogP contribution is -2.41. The molecule has 0 aliphatic rings. The minimum atomic E-state index is -1.29. The molecule has 0 aliphatic carbocycles. The number of carboxylic acids is 1. The van der Waals surface area contributed by atoms with E-state index in [9.17, 15) is 19.2 Å². The Balaban J connectivity index is 2.66. The van der Waals surface area contributed by atoms with Gasteiger partial charge in [0.25, 0.3) is 5.91 Å². The Morgan fingerprint density at radius 1 is 1.44 bits per heavy atom. The van der Waals surface area contributed by atoms with E-state index in [4.69, 9.17) is 10.8 Å². The van der Waals surface area contributed by atoms with Crippen molar-refractivity contribution in [2.24, 2.45) is 5.73 Å². The Labute approximate surface area is 100 Å². The summed E-state index contributed by atoms with van der Waals surface area (Å²) >= 11 is 0. The van der Waals surface area contributed by atoms with Gasteiger partial charge in [-0.2, -0.15) is 0 Å². The molecule has 1 heterocycles. The minimum absolute atomic E-state index is 0.0923. The maximum absolute atomic E-state index is 11.5. The summed E-state index contributed by atoms with van der Waals surface area (Å²) in [6.07, 6.45) is 0.830. The number of carbonyl (C=O) groups is 3. The van der Waals surface area contributed by atoms with E-state index in [0.29, 0.717) is 0 Å². The topological polar surface area (TPSA) is 158 Å². The van der Waals surface area contributed by atoms with Crippen molar-refractivity contribution < 1.29 is 19.5 Å². The first-order chi connectivity index (χ1) is 8.40. The molecule has 9 nitrogen and oxygen atoms in total. The lowest BCUT2D eigenvalue weighted by Gasteiger charge is -2.12. The van der Waals surface area contributed by atoms with Gasteiger partial charge >= 0.3 is 11.7 Å². The van der Waals surface area contributed by atoms with E-state index in [0.717, 1.165) is 6.20 Å². The first-order valence-corrected chi connectivity index (χ1v) is 5.00. The number of carboxylic acid groups (broad SMARTS) is 1. The summed E-state index contributed by atoms with van der Waals surface area (Å²) in [6, 6.07) is -1.25. The van der Waals surface area contributed by atoms with Crippen molar-refractivity contribution >= 4 is 17.8 Å². The molecule has 0 spiro atoms. The standard InChI is InChI=1S/C9H12N4O5/c10-6(14)2-1-4(8(16)17)12-7(15)5-3-11-9(18)13-5/h3-4H,1-2H2,(H2,10,14)(H,12,15)(H,16,17)(H2,11,13,18). The number of nitrogens with two attached hydrogens (primary N) is 1. The quantitative estimate of drug-likeness (QED) is 0.403. The van der Waals surface area contributed by atoms with Gasteiger partial charge in [-0.3, -0.25) is 9.59 Å². The van der Waals surface area contributed by atoms with Crippen LogP contribution < -0.4 is 16.7 Å². The van der Waals surface area contributed by atoms with Crippen LogP contribution in [-0.2, 0) is 9.59 Å². The van der Waals surface area contributed by atoms with Gasteiger partial charge in [-0.05, 0) is 6.42 Å². The smallest absolute Gasteiger partial charge is 0.326 e. The van der Waals surface area contributed by atoms with Gasteiger partial charge in [0.05, 0.1) is 0 Å².